The second-order valence-electron chi connectivity index (χ2n) is 6.49. The third kappa shape index (κ3) is 7.41. The summed E-state index contributed by atoms with van der Waals surface area (Å²) in [5.74, 6) is 1.63. The number of benzene rings is 2. The summed E-state index contributed by atoms with van der Waals surface area (Å²) < 4.78 is 7.67. The molecule has 1 aromatic heterocycles. The van der Waals surface area contributed by atoms with Gasteiger partial charge in [-0.2, -0.15) is 5.10 Å². The number of aryl methyl sites for hydroxylation is 1. The van der Waals surface area contributed by atoms with E-state index in [0.29, 0.717) is 19.7 Å². The molecule has 3 rings (SSSR count). The van der Waals surface area contributed by atoms with E-state index in [9.17, 15) is 0 Å². The topological polar surface area (TPSA) is 63.5 Å². The van der Waals surface area contributed by atoms with Gasteiger partial charge in [-0.15, -0.1) is 24.0 Å². The lowest BCUT2D eigenvalue weighted by Gasteiger charge is -2.15. The molecule has 29 heavy (non-hydrogen) atoms. The minimum Gasteiger partial charge on any atom is -0.492 e. The van der Waals surface area contributed by atoms with Gasteiger partial charge in [-0.3, -0.25) is 9.67 Å². The van der Waals surface area contributed by atoms with Crippen LogP contribution in [0.15, 0.2) is 72.0 Å². The maximum absolute atomic E-state index is 5.74. The third-order valence-electron chi connectivity index (χ3n) is 4.36. The Morgan fingerprint density at radius 3 is 2.48 bits per heavy atom. The lowest BCUT2D eigenvalue weighted by atomic mass is 10.1. The summed E-state index contributed by atoms with van der Waals surface area (Å²) in [4.78, 5) is 4.29. The van der Waals surface area contributed by atoms with Crippen molar-refractivity contribution in [2.45, 2.75) is 20.0 Å². The third-order valence-corrected chi connectivity index (χ3v) is 4.36. The van der Waals surface area contributed by atoms with Gasteiger partial charge in [-0.1, -0.05) is 42.0 Å². The average Bonchev–Trinajstić information content (AvgIpc) is 3.23. The molecular weight excluding hydrogens is 477 g/mol. The fraction of sp³-hybridized carbons (Fsp3) is 0.273. The Balaban J connectivity index is 0.00000300. The van der Waals surface area contributed by atoms with E-state index in [2.05, 4.69) is 51.9 Å². The maximum atomic E-state index is 5.74. The second-order valence-corrected chi connectivity index (χ2v) is 6.49. The highest BCUT2D eigenvalue weighted by Gasteiger charge is 2.04. The van der Waals surface area contributed by atoms with Gasteiger partial charge in [0.2, 0.25) is 0 Å². The zero-order valence-electron chi connectivity index (χ0n) is 16.8. The Hall–Kier alpha value is -2.55. The van der Waals surface area contributed by atoms with E-state index in [1.807, 2.05) is 41.2 Å². The molecule has 0 spiro atoms. The lowest BCUT2D eigenvalue weighted by molar-refractivity contribution is 0.322. The number of aliphatic imine (C=N–C) groups is 1. The van der Waals surface area contributed by atoms with Crippen LogP contribution >= 0.6 is 24.0 Å². The summed E-state index contributed by atoms with van der Waals surface area (Å²) in [5, 5.41) is 10.9. The molecule has 0 radical (unpaired) electrons. The number of hydrogen-bond acceptors (Lipinski definition) is 3. The van der Waals surface area contributed by atoms with Crippen molar-refractivity contribution in [1.29, 1.82) is 0 Å². The molecule has 0 aliphatic heterocycles. The number of nitrogens with zero attached hydrogens (tertiary/aromatic N) is 3. The van der Waals surface area contributed by atoms with Crippen LogP contribution in [0.25, 0.3) is 0 Å². The van der Waals surface area contributed by atoms with Gasteiger partial charge in [-0.25, -0.2) is 0 Å². The molecule has 7 heteroatoms. The highest BCUT2D eigenvalue weighted by atomic mass is 127. The molecule has 0 fully saturated rings. The molecule has 2 aromatic carbocycles. The molecule has 0 unspecified atom stereocenters. The number of guanidine groups is 1. The molecule has 1 heterocycles. The van der Waals surface area contributed by atoms with E-state index >= 15 is 0 Å². The van der Waals surface area contributed by atoms with Crippen LogP contribution in [-0.2, 0) is 13.1 Å². The molecule has 0 aliphatic rings. The first-order valence-electron chi connectivity index (χ1n) is 9.43. The van der Waals surface area contributed by atoms with Gasteiger partial charge in [-0.05, 0) is 36.2 Å². The number of hydrogen-bond donors (Lipinski definition) is 2. The van der Waals surface area contributed by atoms with Crippen LogP contribution in [-0.4, -0.2) is 35.9 Å². The Morgan fingerprint density at radius 1 is 1.03 bits per heavy atom. The second kappa shape index (κ2) is 12.1. The van der Waals surface area contributed by atoms with Crippen LogP contribution in [0.4, 0.5) is 0 Å². The lowest BCUT2D eigenvalue weighted by Crippen LogP contribution is -2.39. The van der Waals surface area contributed by atoms with Crippen LogP contribution in [0.2, 0.25) is 0 Å². The van der Waals surface area contributed by atoms with Crippen molar-refractivity contribution in [3.05, 3.63) is 83.7 Å². The molecule has 154 valence electrons. The Kier molecular flexibility index (Phi) is 9.49. The van der Waals surface area contributed by atoms with Gasteiger partial charge in [0, 0.05) is 26.0 Å². The highest BCUT2D eigenvalue weighted by Crippen LogP contribution is 2.11. The summed E-state index contributed by atoms with van der Waals surface area (Å²) in [5.41, 5.74) is 3.68. The fourth-order valence-electron chi connectivity index (χ4n) is 2.83. The van der Waals surface area contributed by atoms with Crippen molar-refractivity contribution in [3.63, 3.8) is 0 Å². The van der Waals surface area contributed by atoms with Gasteiger partial charge in [0.25, 0.3) is 0 Å². The number of nitrogens with one attached hydrogen (secondary N) is 2. The van der Waals surface area contributed by atoms with Crippen LogP contribution in [0.5, 0.6) is 5.75 Å². The Bertz CT molecular complexity index is 878. The minimum atomic E-state index is 0. The fourth-order valence-corrected chi connectivity index (χ4v) is 2.83. The summed E-state index contributed by atoms with van der Waals surface area (Å²) >= 11 is 0. The molecule has 0 aliphatic carbocycles. The average molecular weight is 505 g/mol. The first-order valence-corrected chi connectivity index (χ1v) is 9.43. The molecule has 6 nitrogen and oxygen atoms in total. The Labute approximate surface area is 189 Å². The molecule has 0 saturated carbocycles. The van der Waals surface area contributed by atoms with Crippen LogP contribution in [0, 0.1) is 6.92 Å². The standard InChI is InChI=1S/C22H27N5O.HI/c1-18-8-10-21(11-9-18)28-15-13-24-22(23-2)25-16-19-6-3-4-7-20(19)17-27-14-5-12-26-27;/h3-12,14H,13,15-17H2,1-2H3,(H2,23,24,25);1H. The number of aromatic nitrogens is 2. The van der Waals surface area contributed by atoms with Crippen molar-refractivity contribution < 1.29 is 4.74 Å². The van der Waals surface area contributed by atoms with E-state index < -0.39 is 0 Å². The quantitative estimate of drug-likeness (QED) is 0.213. The predicted molar refractivity (Wildman–Crippen MR) is 128 cm³/mol. The number of rotatable bonds is 8. The van der Waals surface area contributed by atoms with Gasteiger partial charge in [0.15, 0.2) is 5.96 Å². The van der Waals surface area contributed by atoms with Crippen molar-refractivity contribution >= 4 is 29.9 Å². The van der Waals surface area contributed by atoms with Crippen molar-refractivity contribution in [2.24, 2.45) is 4.99 Å². The first kappa shape index (κ1) is 22.7. The van der Waals surface area contributed by atoms with Gasteiger partial charge in [0.1, 0.15) is 12.4 Å². The van der Waals surface area contributed by atoms with Crippen molar-refractivity contribution in [2.75, 3.05) is 20.2 Å². The summed E-state index contributed by atoms with van der Waals surface area (Å²) in [6.07, 6.45) is 3.77. The van der Waals surface area contributed by atoms with Gasteiger partial charge < -0.3 is 15.4 Å². The molecule has 2 N–H and O–H groups in total. The minimum absolute atomic E-state index is 0. The summed E-state index contributed by atoms with van der Waals surface area (Å²) in [6.45, 7) is 4.74. The SMILES string of the molecule is CN=C(NCCOc1ccc(C)cc1)NCc1ccccc1Cn1cccn1.I. The molecular formula is C22H28IN5O. The number of ether oxygens (including phenoxy) is 1. The van der Waals surface area contributed by atoms with E-state index in [-0.39, 0.29) is 24.0 Å². The highest BCUT2D eigenvalue weighted by molar-refractivity contribution is 14.0. The molecule has 0 bridgehead atoms. The van der Waals surface area contributed by atoms with Crippen LogP contribution < -0.4 is 15.4 Å². The predicted octanol–water partition coefficient (Wildman–Crippen LogP) is 3.60. The van der Waals surface area contributed by atoms with E-state index in [1.165, 1.54) is 16.7 Å². The molecule has 3 aromatic rings. The van der Waals surface area contributed by atoms with Gasteiger partial charge in [0.05, 0.1) is 13.1 Å². The maximum Gasteiger partial charge on any atom is 0.191 e. The van der Waals surface area contributed by atoms with Crippen molar-refractivity contribution in [3.8, 4) is 5.75 Å². The van der Waals surface area contributed by atoms with Crippen LogP contribution in [0.1, 0.15) is 16.7 Å². The van der Waals surface area contributed by atoms with Crippen molar-refractivity contribution in [1.82, 2.24) is 20.4 Å². The monoisotopic (exact) mass is 505 g/mol. The number of halogens is 1. The normalized spacial score (nSPS) is 10.9. The first-order chi connectivity index (χ1) is 13.7. The van der Waals surface area contributed by atoms with E-state index in [4.69, 9.17) is 4.74 Å². The zero-order chi connectivity index (χ0) is 19.6. The van der Waals surface area contributed by atoms with Crippen LogP contribution in [0.3, 0.4) is 0 Å². The smallest absolute Gasteiger partial charge is 0.191 e. The molecule has 0 atom stereocenters. The summed E-state index contributed by atoms with van der Waals surface area (Å²) in [6, 6.07) is 18.4. The largest absolute Gasteiger partial charge is 0.492 e. The molecule has 0 amide bonds. The molecule has 0 saturated heterocycles. The Morgan fingerprint density at radius 2 is 1.79 bits per heavy atom. The zero-order valence-corrected chi connectivity index (χ0v) is 19.2. The van der Waals surface area contributed by atoms with E-state index in [1.54, 1.807) is 13.2 Å². The van der Waals surface area contributed by atoms with E-state index in [0.717, 1.165) is 18.3 Å². The van der Waals surface area contributed by atoms with Gasteiger partial charge >= 0.3 is 0 Å². The summed E-state index contributed by atoms with van der Waals surface area (Å²) in [7, 11) is 1.77.